The molecule has 2 aliphatic heterocycles. The second kappa shape index (κ2) is 9.10. The van der Waals surface area contributed by atoms with E-state index < -0.39 is 17.6 Å². The average Bonchev–Trinajstić information content (AvgIpc) is 3.33. The van der Waals surface area contributed by atoms with E-state index in [9.17, 15) is 14.7 Å². The fourth-order valence-electron chi connectivity index (χ4n) is 6.55. The van der Waals surface area contributed by atoms with Crippen LogP contribution in [0, 0.1) is 0 Å². The maximum absolute atomic E-state index is 13.0. The van der Waals surface area contributed by atoms with Crippen molar-refractivity contribution in [1.82, 2.24) is 10.2 Å². The number of rotatable bonds is 6. The van der Waals surface area contributed by atoms with Gasteiger partial charge >= 0.3 is 12.1 Å². The third kappa shape index (κ3) is 3.95. The number of ether oxygens (including phenoxy) is 1. The van der Waals surface area contributed by atoms with Gasteiger partial charge in [0.25, 0.3) is 0 Å². The Morgan fingerprint density at radius 3 is 2.00 bits per heavy atom. The predicted molar refractivity (Wildman–Crippen MR) is 137 cm³/mol. The molecule has 2 unspecified atom stereocenters. The van der Waals surface area contributed by atoms with Crippen LogP contribution < -0.4 is 5.32 Å². The Morgan fingerprint density at radius 1 is 0.861 bits per heavy atom. The summed E-state index contributed by atoms with van der Waals surface area (Å²) in [5.41, 5.74) is 4.50. The quantitative estimate of drug-likeness (QED) is 0.506. The van der Waals surface area contributed by atoms with E-state index in [0.29, 0.717) is 12.8 Å². The highest BCUT2D eigenvalue weighted by molar-refractivity contribution is 5.85. The molecule has 36 heavy (non-hydrogen) atoms. The smallest absolute Gasteiger partial charge is 0.408 e. The number of nitrogens with one attached hydrogen (secondary N) is 1. The lowest BCUT2D eigenvalue weighted by Crippen LogP contribution is -2.63. The Kier molecular flexibility index (Phi) is 5.76. The van der Waals surface area contributed by atoms with Crippen molar-refractivity contribution in [3.63, 3.8) is 0 Å². The van der Waals surface area contributed by atoms with Crippen molar-refractivity contribution in [2.24, 2.45) is 0 Å². The molecule has 2 saturated heterocycles. The fourth-order valence-corrected chi connectivity index (χ4v) is 6.55. The zero-order valence-electron chi connectivity index (χ0n) is 20.1. The summed E-state index contributed by atoms with van der Waals surface area (Å²) in [7, 11) is 0. The van der Waals surface area contributed by atoms with Gasteiger partial charge in [0, 0.05) is 24.5 Å². The lowest BCUT2D eigenvalue weighted by Gasteiger charge is -2.44. The van der Waals surface area contributed by atoms with Crippen LogP contribution in [-0.4, -0.2) is 46.3 Å². The molecule has 3 aromatic rings. The minimum atomic E-state index is -1.30. The van der Waals surface area contributed by atoms with Crippen LogP contribution in [0.2, 0.25) is 0 Å². The van der Waals surface area contributed by atoms with Crippen LogP contribution in [0.4, 0.5) is 4.79 Å². The van der Waals surface area contributed by atoms with E-state index in [2.05, 4.69) is 46.6 Å². The third-order valence-electron chi connectivity index (χ3n) is 8.24. The number of fused-ring (bicyclic) bond motifs is 5. The fraction of sp³-hybridized carbons (Fsp3) is 0.333. The zero-order valence-corrected chi connectivity index (χ0v) is 20.1. The van der Waals surface area contributed by atoms with Gasteiger partial charge in [-0.15, -0.1) is 0 Å². The second-order valence-corrected chi connectivity index (χ2v) is 10.3. The van der Waals surface area contributed by atoms with Gasteiger partial charge in [-0.25, -0.2) is 9.59 Å². The Bertz CT molecular complexity index is 1230. The first kappa shape index (κ1) is 22.8. The van der Waals surface area contributed by atoms with Gasteiger partial charge in [0.15, 0.2) is 0 Å². The van der Waals surface area contributed by atoms with Gasteiger partial charge in [-0.05, 0) is 53.5 Å². The molecule has 2 N–H and O–H groups in total. The Morgan fingerprint density at radius 2 is 1.42 bits per heavy atom. The van der Waals surface area contributed by atoms with Crippen LogP contribution in [0.1, 0.15) is 48.3 Å². The largest absolute Gasteiger partial charge is 0.480 e. The number of amides is 1. The molecule has 1 amide bonds. The molecule has 2 atom stereocenters. The molecule has 3 aromatic carbocycles. The van der Waals surface area contributed by atoms with Crippen LogP contribution in [0.5, 0.6) is 0 Å². The number of piperidine rings is 1. The summed E-state index contributed by atoms with van der Waals surface area (Å²) in [6, 6.07) is 26.8. The summed E-state index contributed by atoms with van der Waals surface area (Å²) >= 11 is 0. The summed E-state index contributed by atoms with van der Waals surface area (Å²) in [6.45, 7) is 0.972. The highest BCUT2D eigenvalue weighted by Gasteiger charge is 2.53. The zero-order chi connectivity index (χ0) is 24.7. The van der Waals surface area contributed by atoms with Crippen molar-refractivity contribution >= 4 is 12.1 Å². The lowest BCUT2D eigenvalue weighted by atomic mass is 9.82. The van der Waals surface area contributed by atoms with E-state index in [0.717, 1.165) is 41.6 Å². The second-order valence-electron chi connectivity index (χ2n) is 10.3. The summed E-state index contributed by atoms with van der Waals surface area (Å²) in [4.78, 5) is 27.9. The number of benzene rings is 3. The van der Waals surface area contributed by atoms with Crippen LogP contribution >= 0.6 is 0 Å². The number of aliphatic carboxylic acids is 1. The third-order valence-corrected chi connectivity index (χ3v) is 8.24. The lowest BCUT2D eigenvalue weighted by molar-refractivity contribution is -0.148. The maximum atomic E-state index is 13.0. The molecule has 1 aliphatic carbocycles. The highest BCUT2D eigenvalue weighted by Crippen LogP contribution is 2.45. The molecule has 184 valence electrons. The van der Waals surface area contributed by atoms with Gasteiger partial charge < -0.3 is 15.2 Å². The number of carbonyl (C=O) groups is 2. The number of hydrogen-bond acceptors (Lipinski definition) is 4. The van der Waals surface area contributed by atoms with E-state index in [1.165, 1.54) is 5.56 Å². The highest BCUT2D eigenvalue weighted by atomic mass is 16.5. The topological polar surface area (TPSA) is 78.9 Å². The van der Waals surface area contributed by atoms with Gasteiger partial charge in [0.2, 0.25) is 0 Å². The first-order chi connectivity index (χ1) is 17.5. The Labute approximate surface area is 210 Å². The number of hydrogen-bond donors (Lipinski definition) is 2. The molecule has 2 heterocycles. The molecule has 0 spiro atoms. The van der Waals surface area contributed by atoms with Crippen molar-refractivity contribution in [3.8, 4) is 11.1 Å². The number of carboxylic acids is 1. The molecule has 6 nitrogen and oxygen atoms in total. The van der Waals surface area contributed by atoms with Crippen molar-refractivity contribution in [3.05, 3.63) is 95.6 Å². The SMILES string of the molecule is O=C(NC1(C(=O)O)CC2CCC(C1)N2Cc1ccccc1)OCC1c2ccccc2-c2ccccc21. The molecule has 0 aromatic heterocycles. The summed E-state index contributed by atoms with van der Waals surface area (Å²) in [5.74, 6) is -1.04. The first-order valence-electron chi connectivity index (χ1n) is 12.7. The van der Waals surface area contributed by atoms with E-state index in [-0.39, 0.29) is 24.6 Å². The van der Waals surface area contributed by atoms with Crippen LogP contribution in [0.25, 0.3) is 11.1 Å². The minimum Gasteiger partial charge on any atom is -0.480 e. The number of alkyl carbamates (subject to hydrolysis) is 1. The normalized spacial score (nSPS) is 24.7. The van der Waals surface area contributed by atoms with Gasteiger partial charge in [0.05, 0.1) is 0 Å². The average molecular weight is 483 g/mol. The molecule has 3 aliphatic rings. The predicted octanol–water partition coefficient (Wildman–Crippen LogP) is 5.18. The summed E-state index contributed by atoms with van der Waals surface area (Å²) in [6.07, 6.45) is 2.00. The van der Waals surface area contributed by atoms with E-state index in [4.69, 9.17) is 4.74 Å². The number of carbonyl (C=O) groups excluding carboxylic acids is 1. The number of carboxylic acid groups (broad SMARTS) is 1. The molecule has 6 heteroatoms. The molecular weight excluding hydrogens is 452 g/mol. The molecule has 0 saturated carbocycles. The summed E-state index contributed by atoms with van der Waals surface area (Å²) < 4.78 is 5.70. The van der Waals surface area contributed by atoms with Crippen molar-refractivity contribution in [1.29, 1.82) is 0 Å². The van der Waals surface area contributed by atoms with Crippen molar-refractivity contribution < 1.29 is 19.4 Å². The van der Waals surface area contributed by atoms with Crippen molar-refractivity contribution in [2.75, 3.05) is 6.61 Å². The van der Waals surface area contributed by atoms with Gasteiger partial charge in [0.1, 0.15) is 12.1 Å². The van der Waals surface area contributed by atoms with Crippen LogP contribution in [0.3, 0.4) is 0 Å². The van der Waals surface area contributed by atoms with Gasteiger partial charge in [-0.1, -0.05) is 78.9 Å². The standard InChI is InChI=1S/C30H30N2O4/c33-28(34)30(16-21-14-15-22(17-30)32(21)18-20-8-2-1-3-9-20)31-29(35)36-19-27-25-12-6-4-10-23(25)24-11-5-7-13-26(24)27/h1-13,21-22,27H,14-19H2,(H,31,35)(H,33,34). The maximum Gasteiger partial charge on any atom is 0.408 e. The molecule has 2 bridgehead atoms. The molecule has 6 rings (SSSR count). The van der Waals surface area contributed by atoms with E-state index in [1.807, 2.05) is 42.5 Å². The van der Waals surface area contributed by atoms with E-state index in [1.54, 1.807) is 0 Å². The first-order valence-corrected chi connectivity index (χ1v) is 12.7. The minimum absolute atomic E-state index is 0.0622. The van der Waals surface area contributed by atoms with E-state index >= 15 is 0 Å². The Balaban J connectivity index is 1.15. The monoisotopic (exact) mass is 482 g/mol. The molecule has 0 radical (unpaired) electrons. The van der Waals surface area contributed by atoms with Crippen molar-refractivity contribution in [2.45, 2.75) is 55.8 Å². The van der Waals surface area contributed by atoms with Gasteiger partial charge in [-0.2, -0.15) is 0 Å². The molecule has 2 fully saturated rings. The molecular formula is C30H30N2O4. The Hall–Kier alpha value is -3.64. The van der Waals surface area contributed by atoms with Gasteiger partial charge in [-0.3, -0.25) is 4.90 Å². The van der Waals surface area contributed by atoms with Crippen LogP contribution in [-0.2, 0) is 16.1 Å². The number of nitrogens with zero attached hydrogens (tertiary/aromatic N) is 1. The summed E-state index contributed by atoms with van der Waals surface area (Å²) in [5, 5.41) is 13.0. The van der Waals surface area contributed by atoms with Crippen LogP contribution in [0.15, 0.2) is 78.9 Å².